The largest absolute Gasteiger partial charge is 0.425 e. The number of rotatable bonds is 2. The second-order valence-corrected chi connectivity index (χ2v) is 6.03. The van der Waals surface area contributed by atoms with E-state index in [1.165, 1.54) is 18.7 Å². The summed E-state index contributed by atoms with van der Waals surface area (Å²) >= 11 is 0.503. The van der Waals surface area contributed by atoms with Gasteiger partial charge in [0.05, 0.1) is 5.00 Å². The van der Waals surface area contributed by atoms with Crippen molar-refractivity contribution in [3.8, 4) is 0 Å². The van der Waals surface area contributed by atoms with E-state index in [0.717, 1.165) is 12.5 Å². The number of aryl methyl sites for hydroxylation is 1. The number of thiophene rings is 1. The predicted octanol–water partition coefficient (Wildman–Crippen LogP) is 3.02. The highest BCUT2D eigenvalue weighted by Gasteiger charge is 2.35. The number of carbonyl (C=O) groups is 2. The third-order valence-electron chi connectivity index (χ3n) is 3.39. The lowest BCUT2D eigenvalue weighted by atomic mass is 10.2. The number of amides is 2. The number of carbonyl (C=O) groups excluding carboxylic acids is 2. The van der Waals surface area contributed by atoms with Gasteiger partial charge in [0.15, 0.2) is 0 Å². The van der Waals surface area contributed by atoms with Crippen LogP contribution in [0.4, 0.5) is 18.2 Å². The molecule has 1 N–H and O–H groups in total. The standard InChI is InChI=1S/C13H15F3N2O2S/c1-7-6-10(13(14,15)16)21-12(7)17-11(20)9-4-3-5-18(9)8(2)19/h6,9H,3-5H2,1-2H3,(H,17,20)/t9-/m0/s1. The number of hydrogen-bond donors (Lipinski definition) is 1. The van der Waals surface area contributed by atoms with Gasteiger partial charge in [0, 0.05) is 13.5 Å². The molecule has 0 saturated carbocycles. The molecule has 21 heavy (non-hydrogen) atoms. The number of nitrogens with one attached hydrogen (secondary N) is 1. The van der Waals surface area contributed by atoms with Crippen LogP contribution >= 0.6 is 11.3 Å². The summed E-state index contributed by atoms with van der Waals surface area (Å²) < 4.78 is 37.9. The lowest BCUT2D eigenvalue weighted by molar-refractivity contribution is -0.134. The molecule has 1 aliphatic rings. The SMILES string of the molecule is CC(=O)N1CCC[C@H]1C(=O)Nc1sc(C(F)(F)F)cc1C. The summed E-state index contributed by atoms with van der Waals surface area (Å²) in [6, 6.07) is 0.413. The molecule has 0 radical (unpaired) electrons. The van der Waals surface area contributed by atoms with E-state index in [0.29, 0.717) is 29.9 Å². The van der Waals surface area contributed by atoms with E-state index in [1.54, 1.807) is 0 Å². The zero-order valence-electron chi connectivity index (χ0n) is 11.6. The van der Waals surface area contributed by atoms with E-state index in [2.05, 4.69) is 5.32 Å². The van der Waals surface area contributed by atoms with Crippen LogP contribution in [0.2, 0.25) is 0 Å². The molecular weight excluding hydrogens is 305 g/mol. The average molecular weight is 320 g/mol. The van der Waals surface area contributed by atoms with Crippen molar-refractivity contribution in [3.05, 3.63) is 16.5 Å². The van der Waals surface area contributed by atoms with Crippen LogP contribution in [0.1, 0.15) is 30.2 Å². The molecule has 116 valence electrons. The molecule has 1 atom stereocenters. The molecule has 1 aromatic rings. The maximum Gasteiger partial charge on any atom is 0.425 e. The molecule has 0 unspecified atom stereocenters. The molecular formula is C13H15F3N2O2S. The highest BCUT2D eigenvalue weighted by atomic mass is 32.1. The van der Waals surface area contributed by atoms with E-state index in [4.69, 9.17) is 0 Å². The van der Waals surface area contributed by atoms with Gasteiger partial charge in [-0.1, -0.05) is 0 Å². The van der Waals surface area contributed by atoms with E-state index < -0.39 is 23.0 Å². The van der Waals surface area contributed by atoms with Gasteiger partial charge in [0.25, 0.3) is 0 Å². The first-order chi connectivity index (χ1) is 9.70. The smallest absolute Gasteiger partial charge is 0.331 e. The molecule has 0 spiro atoms. The Kier molecular flexibility index (Phi) is 4.27. The van der Waals surface area contributed by atoms with Gasteiger partial charge in [0.2, 0.25) is 11.8 Å². The molecule has 2 rings (SSSR count). The van der Waals surface area contributed by atoms with Crippen molar-refractivity contribution in [2.75, 3.05) is 11.9 Å². The first-order valence-corrected chi connectivity index (χ1v) is 7.27. The Labute approximate surface area is 123 Å². The molecule has 2 amide bonds. The minimum Gasteiger partial charge on any atom is -0.331 e. The molecule has 1 aliphatic heterocycles. The maximum absolute atomic E-state index is 12.6. The number of hydrogen-bond acceptors (Lipinski definition) is 3. The molecule has 0 aromatic carbocycles. The number of halogens is 3. The molecule has 8 heteroatoms. The normalized spacial score (nSPS) is 18.9. The van der Waals surface area contributed by atoms with Crippen LogP contribution in [0.15, 0.2) is 6.07 Å². The lowest BCUT2D eigenvalue weighted by Crippen LogP contribution is -2.42. The van der Waals surface area contributed by atoms with Crippen molar-refractivity contribution >= 4 is 28.2 Å². The summed E-state index contributed by atoms with van der Waals surface area (Å²) in [4.78, 5) is 24.3. The maximum atomic E-state index is 12.6. The Hall–Kier alpha value is -1.57. The van der Waals surface area contributed by atoms with E-state index in [9.17, 15) is 22.8 Å². The minimum absolute atomic E-state index is 0.183. The lowest BCUT2D eigenvalue weighted by Gasteiger charge is -2.22. The van der Waals surface area contributed by atoms with Gasteiger partial charge in [0.1, 0.15) is 10.9 Å². The topological polar surface area (TPSA) is 49.4 Å². The zero-order chi connectivity index (χ0) is 15.8. The van der Waals surface area contributed by atoms with Gasteiger partial charge in [-0.3, -0.25) is 9.59 Å². The van der Waals surface area contributed by atoms with Gasteiger partial charge in [-0.15, -0.1) is 11.3 Å². The molecule has 4 nitrogen and oxygen atoms in total. The van der Waals surface area contributed by atoms with Crippen LogP contribution in [0.25, 0.3) is 0 Å². The summed E-state index contributed by atoms with van der Waals surface area (Å²) in [5.41, 5.74) is 0.369. The number of nitrogens with zero attached hydrogens (tertiary/aromatic N) is 1. The van der Waals surface area contributed by atoms with Crippen LogP contribution in [0.5, 0.6) is 0 Å². The van der Waals surface area contributed by atoms with Crippen molar-refractivity contribution in [1.82, 2.24) is 4.90 Å². The summed E-state index contributed by atoms with van der Waals surface area (Å²) in [5.74, 6) is -0.632. The van der Waals surface area contributed by atoms with Gasteiger partial charge < -0.3 is 10.2 Å². The number of anilines is 1. The van der Waals surface area contributed by atoms with Gasteiger partial charge in [-0.2, -0.15) is 13.2 Å². The number of alkyl halides is 3. The van der Waals surface area contributed by atoms with Crippen LogP contribution in [-0.2, 0) is 15.8 Å². The third-order valence-corrected chi connectivity index (χ3v) is 4.59. The fourth-order valence-electron chi connectivity index (χ4n) is 2.36. The van der Waals surface area contributed by atoms with E-state index in [1.807, 2.05) is 0 Å². The Balaban J connectivity index is 2.13. The van der Waals surface area contributed by atoms with Crippen LogP contribution in [-0.4, -0.2) is 29.3 Å². The Morgan fingerprint density at radius 3 is 2.62 bits per heavy atom. The molecule has 0 aliphatic carbocycles. The van der Waals surface area contributed by atoms with Crippen molar-refractivity contribution in [2.45, 2.75) is 38.9 Å². The average Bonchev–Trinajstić information content (AvgIpc) is 2.95. The summed E-state index contributed by atoms with van der Waals surface area (Å²) in [7, 11) is 0. The van der Waals surface area contributed by atoms with Crippen molar-refractivity contribution in [3.63, 3.8) is 0 Å². The minimum atomic E-state index is -4.42. The van der Waals surface area contributed by atoms with E-state index in [-0.39, 0.29) is 10.9 Å². The molecule has 1 aromatic heterocycles. The molecule has 1 fully saturated rings. The monoisotopic (exact) mass is 320 g/mol. The fraction of sp³-hybridized carbons (Fsp3) is 0.538. The number of likely N-dealkylation sites (tertiary alicyclic amines) is 1. The van der Waals surface area contributed by atoms with Crippen LogP contribution in [0, 0.1) is 6.92 Å². The Morgan fingerprint density at radius 2 is 2.10 bits per heavy atom. The molecule has 1 saturated heterocycles. The first-order valence-electron chi connectivity index (χ1n) is 6.46. The van der Waals surface area contributed by atoms with Crippen molar-refractivity contribution < 1.29 is 22.8 Å². The summed E-state index contributed by atoms with van der Waals surface area (Å²) in [6.07, 6.45) is -3.17. The first kappa shape index (κ1) is 15.8. The summed E-state index contributed by atoms with van der Waals surface area (Å²) in [6.45, 7) is 3.40. The van der Waals surface area contributed by atoms with Gasteiger partial charge in [-0.05, 0) is 31.4 Å². The fourth-order valence-corrected chi connectivity index (χ4v) is 3.30. The zero-order valence-corrected chi connectivity index (χ0v) is 12.4. The second kappa shape index (κ2) is 5.67. The van der Waals surface area contributed by atoms with Crippen molar-refractivity contribution in [2.24, 2.45) is 0 Å². The van der Waals surface area contributed by atoms with Crippen LogP contribution in [0.3, 0.4) is 0 Å². The van der Waals surface area contributed by atoms with Gasteiger partial charge >= 0.3 is 6.18 Å². The van der Waals surface area contributed by atoms with E-state index >= 15 is 0 Å². The summed E-state index contributed by atoms with van der Waals surface area (Å²) in [5, 5.41) is 2.70. The third kappa shape index (κ3) is 3.37. The molecule has 2 heterocycles. The highest BCUT2D eigenvalue weighted by molar-refractivity contribution is 7.16. The Bertz CT molecular complexity index is 568. The van der Waals surface area contributed by atoms with Gasteiger partial charge in [-0.25, -0.2) is 0 Å². The highest BCUT2D eigenvalue weighted by Crippen LogP contribution is 2.39. The Morgan fingerprint density at radius 1 is 1.43 bits per heavy atom. The quantitative estimate of drug-likeness (QED) is 0.910. The van der Waals surface area contributed by atoms with Crippen molar-refractivity contribution in [1.29, 1.82) is 0 Å². The second-order valence-electron chi connectivity index (χ2n) is 4.98. The van der Waals surface area contributed by atoms with Crippen LogP contribution < -0.4 is 5.32 Å². The molecule has 0 bridgehead atoms. The predicted molar refractivity (Wildman–Crippen MR) is 73.1 cm³/mol.